The maximum absolute atomic E-state index is 11.0. The fourth-order valence-corrected chi connectivity index (χ4v) is 2.32. The number of nitrogens with zero attached hydrogens (tertiary/aromatic N) is 3. The van der Waals surface area contributed by atoms with Gasteiger partial charge in [0.05, 0.1) is 13.3 Å². The number of hydrogen-bond acceptors (Lipinski definition) is 5. The summed E-state index contributed by atoms with van der Waals surface area (Å²) < 4.78 is 5.00. The molecule has 2 rings (SSSR count). The van der Waals surface area contributed by atoms with Gasteiger partial charge in [-0.2, -0.15) is 4.98 Å². The van der Waals surface area contributed by atoms with Gasteiger partial charge in [0, 0.05) is 18.6 Å². The molecule has 0 radical (unpaired) electrons. The molecule has 0 unspecified atom stereocenters. The fraction of sp³-hybridized carbons (Fsp3) is 0.545. The molecular formula is C11H15ClN4O3. The van der Waals surface area contributed by atoms with E-state index in [1.165, 1.54) is 18.2 Å². The number of amides is 1. The molecule has 0 saturated carbocycles. The number of methoxy groups -OCH3 is 1. The van der Waals surface area contributed by atoms with E-state index in [4.69, 9.17) is 21.4 Å². The number of likely N-dealkylation sites (tertiary alicyclic amines) is 1. The Balaban J connectivity index is 2.04. The van der Waals surface area contributed by atoms with Crippen molar-refractivity contribution in [2.24, 2.45) is 0 Å². The van der Waals surface area contributed by atoms with Crippen LogP contribution in [0.1, 0.15) is 13.3 Å². The van der Waals surface area contributed by atoms with Crippen molar-refractivity contribution in [1.82, 2.24) is 14.9 Å². The largest absolute Gasteiger partial charge is 0.480 e. The Morgan fingerprint density at radius 1 is 1.68 bits per heavy atom. The molecule has 1 aliphatic rings. The van der Waals surface area contributed by atoms with Crippen LogP contribution in [0.3, 0.4) is 0 Å². The molecule has 19 heavy (non-hydrogen) atoms. The molecule has 0 bridgehead atoms. The Labute approximate surface area is 115 Å². The van der Waals surface area contributed by atoms with E-state index in [-0.39, 0.29) is 12.1 Å². The van der Waals surface area contributed by atoms with Crippen LogP contribution in [-0.2, 0) is 0 Å². The van der Waals surface area contributed by atoms with Gasteiger partial charge in [0.1, 0.15) is 5.02 Å². The minimum Gasteiger partial charge on any atom is -0.480 e. The Kier molecular flexibility index (Phi) is 3.94. The maximum atomic E-state index is 11.0. The van der Waals surface area contributed by atoms with Crippen LogP contribution >= 0.6 is 11.6 Å². The second kappa shape index (κ2) is 5.48. The molecule has 1 aromatic heterocycles. The SMILES string of the molecule is COc1nc(N[C@@H]2C[C@H](C)N(C(=O)O)C2)ncc1Cl. The zero-order valence-corrected chi connectivity index (χ0v) is 11.4. The lowest BCUT2D eigenvalue weighted by atomic mass is 10.2. The predicted molar refractivity (Wildman–Crippen MR) is 69.8 cm³/mol. The van der Waals surface area contributed by atoms with Crippen molar-refractivity contribution in [3.63, 3.8) is 0 Å². The number of ether oxygens (including phenoxy) is 1. The Hall–Kier alpha value is -1.76. The molecule has 1 saturated heterocycles. The predicted octanol–water partition coefficient (Wildman–Crippen LogP) is 1.69. The molecule has 1 aliphatic heterocycles. The topological polar surface area (TPSA) is 87.6 Å². The van der Waals surface area contributed by atoms with Crippen LogP contribution in [0.2, 0.25) is 5.02 Å². The first-order chi connectivity index (χ1) is 9.01. The van der Waals surface area contributed by atoms with Crippen LogP contribution in [0.4, 0.5) is 10.7 Å². The Bertz CT molecular complexity index is 485. The first-order valence-corrected chi connectivity index (χ1v) is 6.21. The summed E-state index contributed by atoms with van der Waals surface area (Å²) in [7, 11) is 1.47. The van der Waals surface area contributed by atoms with Crippen LogP contribution in [0.25, 0.3) is 0 Å². The summed E-state index contributed by atoms with van der Waals surface area (Å²) in [5.74, 6) is 0.672. The summed E-state index contributed by atoms with van der Waals surface area (Å²) >= 11 is 5.84. The van der Waals surface area contributed by atoms with Gasteiger partial charge < -0.3 is 20.1 Å². The van der Waals surface area contributed by atoms with E-state index in [9.17, 15) is 4.79 Å². The average Bonchev–Trinajstić information content (AvgIpc) is 2.73. The summed E-state index contributed by atoms with van der Waals surface area (Å²) in [6, 6.07) is -0.0406. The second-order valence-corrected chi connectivity index (χ2v) is 4.82. The van der Waals surface area contributed by atoms with E-state index in [1.807, 2.05) is 6.92 Å². The number of anilines is 1. The van der Waals surface area contributed by atoms with Crippen molar-refractivity contribution >= 4 is 23.6 Å². The van der Waals surface area contributed by atoms with Crippen molar-refractivity contribution in [2.45, 2.75) is 25.4 Å². The van der Waals surface area contributed by atoms with Gasteiger partial charge in [-0.3, -0.25) is 0 Å². The van der Waals surface area contributed by atoms with Crippen molar-refractivity contribution < 1.29 is 14.6 Å². The highest BCUT2D eigenvalue weighted by atomic mass is 35.5. The summed E-state index contributed by atoms with van der Waals surface area (Å²) in [6.07, 6.45) is 1.25. The van der Waals surface area contributed by atoms with Crippen LogP contribution in [-0.4, -0.2) is 51.8 Å². The van der Waals surface area contributed by atoms with Crippen molar-refractivity contribution in [2.75, 3.05) is 19.0 Å². The second-order valence-electron chi connectivity index (χ2n) is 4.41. The lowest BCUT2D eigenvalue weighted by Gasteiger charge is -2.16. The van der Waals surface area contributed by atoms with Gasteiger partial charge in [0.25, 0.3) is 0 Å². The van der Waals surface area contributed by atoms with Gasteiger partial charge >= 0.3 is 6.09 Å². The minimum atomic E-state index is -0.911. The molecular weight excluding hydrogens is 272 g/mol. The standard InChI is InChI=1S/C11H15ClN4O3/c1-6-3-7(5-16(6)11(17)18)14-10-13-4-8(12)9(15-10)19-2/h4,6-7H,3,5H2,1-2H3,(H,17,18)(H,13,14,15)/t6-,7+/m0/s1. The maximum Gasteiger partial charge on any atom is 0.407 e. The van der Waals surface area contributed by atoms with Crippen LogP contribution < -0.4 is 10.1 Å². The van der Waals surface area contributed by atoms with E-state index >= 15 is 0 Å². The van der Waals surface area contributed by atoms with Crippen molar-refractivity contribution in [1.29, 1.82) is 0 Å². The van der Waals surface area contributed by atoms with Gasteiger partial charge in [0.2, 0.25) is 11.8 Å². The van der Waals surface area contributed by atoms with Gasteiger partial charge in [-0.25, -0.2) is 9.78 Å². The molecule has 7 nitrogen and oxygen atoms in total. The molecule has 0 aliphatic carbocycles. The summed E-state index contributed by atoms with van der Waals surface area (Å²) in [4.78, 5) is 20.5. The zero-order chi connectivity index (χ0) is 14.0. The molecule has 2 atom stereocenters. The third-order valence-corrected chi connectivity index (χ3v) is 3.32. The van der Waals surface area contributed by atoms with E-state index < -0.39 is 6.09 Å². The molecule has 8 heteroatoms. The lowest BCUT2D eigenvalue weighted by molar-refractivity contribution is 0.143. The number of rotatable bonds is 3. The molecule has 0 spiro atoms. The molecule has 2 heterocycles. The molecule has 2 N–H and O–H groups in total. The normalized spacial score (nSPS) is 22.4. The highest BCUT2D eigenvalue weighted by Gasteiger charge is 2.32. The monoisotopic (exact) mass is 286 g/mol. The minimum absolute atomic E-state index is 0.0167. The third kappa shape index (κ3) is 2.98. The highest BCUT2D eigenvalue weighted by Crippen LogP contribution is 2.24. The van der Waals surface area contributed by atoms with Gasteiger partial charge in [-0.05, 0) is 13.3 Å². The summed E-state index contributed by atoms with van der Waals surface area (Å²) in [6.45, 7) is 2.28. The van der Waals surface area contributed by atoms with Crippen LogP contribution in [0, 0.1) is 0 Å². The molecule has 1 amide bonds. The van der Waals surface area contributed by atoms with E-state index in [2.05, 4.69) is 15.3 Å². The fourth-order valence-electron chi connectivity index (χ4n) is 2.15. The van der Waals surface area contributed by atoms with E-state index in [0.717, 1.165) is 0 Å². The highest BCUT2D eigenvalue weighted by molar-refractivity contribution is 6.31. The number of nitrogens with one attached hydrogen (secondary N) is 1. The zero-order valence-electron chi connectivity index (χ0n) is 10.6. The average molecular weight is 287 g/mol. The number of carboxylic acid groups (broad SMARTS) is 1. The summed E-state index contributed by atoms with van der Waals surface area (Å²) in [5, 5.41) is 12.4. The number of aromatic nitrogens is 2. The molecule has 0 aromatic carbocycles. The number of halogens is 1. The van der Waals surface area contributed by atoms with Crippen molar-refractivity contribution in [3.8, 4) is 5.88 Å². The Morgan fingerprint density at radius 2 is 2.42 bits per heavy atom. The smallest absolute Gasteiger partial charge is 0.407 e. The molecule has 104 valence electrons. The first kappa shape index (κ1) is 13.7. The number of carbonyl (C=O) groups is 1. The van der Waals surface area contributed by atoms with E-state index in [1.54, 1.807) is 0 Å². The first-order valence-electron chi connectivity index (χ1n) is 5.84. The molecule has 1 aromatic rings. The van der Waals surface area contributed by atoms with Crippen LogP contribution in [0.5, 0.6) is 5.88 Å². The lowest BCUT2D eigenvalue weighted by Crippen LogP contribution is -2.33. The third-order valence-electron chi connectivity index (χ3n) is 3.06. The molecule has 1 fully saturated rings. The van der Waals surface area contributed by atoms with Crippen LogP contribution in [0.15, 0.2) is 6.20 Å². The van der Waals surface area contributed by atoms with Gasteiger partial charge in [0.15, 0.2) is 0 Å². The Morgan fingerprint density at radius 3 is 3.00 bits per heavy atom. The van der Waals surface area contributed by atoms with Gasteiger partial charge in [-0.1, -0.05) is 11.6 Å². The summed E-state index contributed by atoms with van der Waals surface area (Å²) in [5.41, 5.74) is 0. The van der Waals surface area contributed by atoms with Crippen molar-refractivity contribution in [3.05, 3.63) is 11.2 Å². The van der Waals surface area contributed by atoms with Gasteiger partial charge in [-0.15, -0.1) is 0 Å². The number of hydrogen-bond donors (Lipinski definition) is 2. The quantitative estimate of drug-likeness (QED) is 0.879. The van der Waals surface area contributed by atoms with E-state index in [0.29, 0.717) is 29.8 Å².